The molecule has 0 aliphatic carbocycles. The van der Waals surface area contributed by atoms with Crippen molar-refractivity contribution >= 4 is 22.7 Å². The number of nitrogens with one attached hydrogen (secondary N) is 1. The number of fused-ring (bicyclic) bond motifs is 1. The lowest BCUT2D eigenvalue weighted by atomic mass is 10.0. The van der Waals surface area contributed by atoms with E-state index in [1.165, 1.54) is 5.56 Å². The number of carbonyl (C=O) groups excluding carboxylic acids is 1. The van der Waals surface area contributed by atoms with Crippen molar-refractivity contribution in [3.63, 3.8) is 0 Å². The van der Waals surface area contributed by atoms with E-state index in [0.29, 0.717) is 23.5 Å². The quantitative estimate of drug-likeness (QED) is 0.509. The molecule has 0 saturated heterocycles. The van der Waals surface area contributed by atoms with Gasteiger partial charge in [-0.25, -0.2) is 4.98 Å². The van der Waals surface area contributed by atoms with Crippen molar-refractivity contribution in [1.29, 1.82) is 0 Å². The summed E-state index contributed by atoms with van der Waals surface area (Å²) in [7, 11) is 0. The van der Waals surface area contributed by atoms with Gasteiger partial charge in [0.25, 0.3) is 5.91 Å². The Hall–Kier alpha value is -3.40. The Morgan fingerprint density at radius 2 is 1.68 bits per heavy atom. The molecule has 3 aromatic carbocycles. The van der Waals surface area contributed by atoms with Crippen LogP contribution >= 0.6 is 0 Å². The van der Waals surface area contributed by atoms with Crippen LogP contribution in [0.1, 0.15) is 38.5 Å². The average Bonchev–Trinajstić information content (AvgIpc) is 3.06. The fourth-order valence-corrected chi connectivity index (χ4v) is 3.52. The maximum atomic E-state index is 12.8. The Bertz CT molecular complexity index is 1140. The van der Waals surface area contributed by atoms with Crippen molar-refractivity contribution in [3.05, 3.63) is 94.4 Å². The molecule has 0 aliphatic heterocycles. The summed E-state index contributed by atoms with van der Waals surface area (Å²) in [4.78, 5) is 17.3. The molecule has 4 nitrogen and oxygen atoms in total. The zero-order valence-corrected chi connectivity index (χ0v) is 16.2. The largest absolute Gasteiger partial charge is 0.440 e. The van der Waals surface area contributed by atoms with Crippen LogP contribution in [0, 0.1) is 20.8 Å². The van der Waals surface area contributed by atoms with Crippen LogP contribution in [0.25, 0.3) is 11.1 Å². The Kier molecular flexibility index (Phi) is 4.70. The smallest absolute Gasteiger partial charge is 0.255 e. The number of benzene rings is 3. The molecule has 140 valence electrons. The first-order valence-corrected chi connectivity index (χ1v) is 9.32. The summed E-state index contributed by atoms with van der Waals surface area (Å²) in [5.74, 6) is 0.488. The Morgan fingerprint density at radius 3 is 2.39 bits per heavy atom. The molecule has 0 bridgehead atoms. The van der Waals surface area contributed by atoms with E-state index in [1.807, 2.05) is 50.2 Å². The van der Waals surface area contributed by atoms with Crippen LogP contribution in [0.15, 0.2) is 65.1 Å². The minimum absolute atomic E-state index is 0.155. The standard InChI is InChI=1S/C24H22N2O2/c1-15-11-16(2)23(17(3)12-15)26-24(27)19-9-10-20-21(14-19)28-22(25-20)13-18-7-5-4-6-8-18/h4-12,14H,13H2,1-3H3,(H,26,27). The zero-order valence-electron chi connectivity index (χ0n) is 16.2. The van der Waals surface area contributed by atoms with Gasteiger partial charge in [-0.3, -0.25) is 4.79 Å². The Labute approximate surface area is 164 Å². The maximum Gasteiger partial charge on any atom is 0.255 e. The fourth-order valence-electron chi connectivity index (χ4n) is 3.52. The van der Waals surface area contributed by atoms with Crippen LogP contribution in [0.4, 0.5) is 5.69 Å². The highest BCUT2D eigenvalue weighted by Crippen LogP contribution is 2.24. The number of hydrogen-bond donors (Lipinski definition) is 1. The molecular formula is C24H22N2O2. The van der Waals surface area contributed by atoms with Crippen LogP contribution in [0.2, 0.25) is 0 Å². The van der Waals surface area contributed by atoms with Crippen molar-refractivity contribution in [2.45, 2.75) is 27.2 Å². The van der Waals surface area contributed by atoms with Crippen LogP contribution in [-0.2, 0) is 6.42 Å². The fraction of sp³-hybridized carbons (Fsp3) is 0.167. The number of amides is 1. The van der Waals surface area contributed by atoms with Crippen LogP contribution < -0.4 is 5.32 Å². The van der Waals surface area contributed by atoms with Crippen molar-refractivity contribution in [2.24, 2.45) is 0 Å². The summed E-state index contributed by atoms with van der Waals surface area (Å²) in [5.41, 5.74) is 7.21. The minimum atomic E-state index is -0.155. The van der Waals surface area contributed by atoms with Gasteiger partial charge >= 0.3 is 0 Å². The minimum Gasteiger partial charge on any atom is -0.440 e. The van der Waals surface area contributed by atoms with E-state index in [-0.39, 0.29) is 5.91 Å². The molecule has 1 aromatic heterocycles. The van der Waals surface area contributed by atoms with E-state index in [4.69, 9.17) is 4.42 Å². The third kappa shape index (κ3) is 3.67. The highest BCUT2D eigenvalue weighted by molar-refractivity contribution is 6.06. The third-order valence-corrected chi connectivity index (χ3v) is 4.81. The van der Waals surface area contributed by atoms with Crippen molar-refractivity contribution < 1.29 is 9.21 Å². The first-order chi connectivity index (χ1) is 13.5. The maximum absolute atomic E-state index is 12.8. The molecule has 0 unspecified atom stereocenters. The zero-order chi connectivity index (χ0) is 19.7. The summed E-state index contributed by atoms with van der Waals surface area (Å²) in [6.45, 7) is 6.06. The topological polar surface area (TPSA) is 55.1 Å². The molecule has 0 fully saturated rings. The van der Waals surface area contributed by atoms with Gasteiger partial charge in [0, 0.05) is 17.7 Å². The van der Waals surface area contributed by atoms with Gasteiger partial charge in [0.1, 0.15) is 5.52 Å². The SMILES string of the molecule is Cc1cc(C)c(NC(=O)c2ccc3nc(Cc4ccccc4)oc3c2)c(C)c1. The van der Waals surface area contributed by atoms with Gasteiger partial charge in [0.05, 0.1) is 0 Å². The van der Waals surface area contributed by atoms with Gasteiger partial charge in [-0.15, -0.1) is 0 Å². The Balaban J connectivity index is 1.58. The van der Waals surface area contributed by atoms with E-state index >= 15 is 0 Å². The van der Waals surface area contributed by atoms with Crippen LogP contribution in [0.3, 0.4) is 0 Å². The molecule has 0 aliphatic rings. The van der Waals surface area contributed by atoms with Crippen molar-refractivity contribution in [2.75, 3.05) is 5.32 Å². The number of rotatable bonds is 4. The van der Waals surface area contributed by atoms with Gasteiger partial charge in [-0.2, -0.15) is 0 Å². The predicted molar refractivity (Wildman–Crippen MR) is 112 cm³/mol. The molecule has 0 saturated carbocycles. The lowest BCUT2D eigenvalue weighted by Crippen LogP contribution is -2.13. The molecule has 28 heavy (non-hydrogen) atoms. The molecule has 1 heterocycles. The second-order valence-electron chi connectivity index (χ2n) is 7.18. The van der Waals surface area contributed by atoms with Crippen molar-refractivity contribution in [3.8, 4) is 0 Å². The number of nitrogens with zero attached hydrogens (tertiary/aromatic N) is 1. The van der Waals surface area contributed by atoms with Gasteiger partial charge in [-0.1, -0.05) is 48.0 Å². The summed E-state index contributed by atoms with van der Waals surface area (Å²) in [5, 5.41) is 3.03. The monoisotopic (exact) mass is 370 g/mol. The molecule has 0 radical (unpaired) electrons. The highest BCUT2D eigenvalue weighted by atomic mass is 16.3. The second kappa shape index (κ2) is 7.31. The van der Waals surface area contributed by atoms with Gasteiger partial charge in [0.15, 0.2) is 11.5 Å². The highest BCUT2D eigenvalue weighted by Gasteiger charge is 2.13. The Morgan fingerprint density at radius 1 is 0.964 bits per heavy atom. The van der Waals surface area contributed by atoms with Gasteiger partial charge in [-0.05, 0) is 55.7 Å². The van der Waals surface area contributed by atoms with Gasteiger partial charge in [0.2, 0.25) is 0 Å². The lowest BCUT2D eigenvalue weighted by molar-refractivity contribution is 0.102. The lowest BCUT2D eigenvalue weighted by Gasteiger charge is -2.12. The number of carbonyl (C=O) groups is 1. The number of anilines is 1. The number of oxazole rings is 1. The summed E-state index contributed by atoms with van der Waals surface area (Å²) >= 11 is 0. The van der Waals surface area contributed by atoms with Crippen molar-refractivity contribution in [1.82, 2.24) is 4.98 Å². The van der Waals surface area contributed by atoms with Crippen LogP contribution in [-0.4, -0.2) is 10.9 Å². The number of aromatic nitrogens is 1. The van der Waals surface area contributed by atoms with Gasteiger partial charge < -0.3 is 9.73 Å². The first-order valence-electron chi connectivity index (χ1n) is 9.32. The van der Waals surface area contributed by atoms with E-state index in [2.05, 4.69) is 29.4 Å². The molecule has 0 atom stereocenters. The predicted octanol–water partition coefficient (Wildman–Crippen LogP) is 5.60. The molecule has 4 aromatic rings. The summed E-state index contributed by atoms with van der Waals surface area (Å²) in [6.07, 6.45) is 0.624. The van der Waals surface area contributed by atoms with E-state index in [9.17, 15) is 4.79 Å². The number of aryl methyl sites for hydroxylation is 3. The molecule has 4 rings (SSSR count). The molecule has 4 heteroatoms. The normalized spacial score (nSPS) is 11.0. The molecular weight excluding hydrogens is 348 g/mol. The summed E-state index contributed by atoms with van der Waals surface area (Å²) in [6, 6.07) is 19.6. The molecule has 1 N–H and O–H groups in total. The first kappa shape index (κ1) is 18.0. The average molecular weight is 370 g/mol. The van der Waals surface area contributed by atoms with E-state index in [1.54, 1.807) is 12.1 Å². The second-order valence-corrected chi connectivity index (χ2v) is 7.18. The molecule has 0 spiro atoms. The molecule has 1 amide bonds. The van der Waals surface area contributed by atoms with E-state index < -0.39 is 0 Å². The summed E-state index contributed by atoms with van der Waals surface area (Å²) < 4.78 is 5.89. The van der Waals surface area contributed by atoms with E-state index in [0.717, 1.165) is 27.9 Å². The third-order valence-electron chi connectivity index (χ3n) is 4.81. The van der Waals surface area contributed by atoms with Crippen LogP contribution in [0.5, 0.6) is 0 Å². The number of hydrogen-bond acceptors (Lipinski definition) is 3.